The SMILES string of the molecule is O=C1C[C@@H](c2ccc(F)c(Br)c2)c2cnn(-c3nc4ccccc4s3)c2N1. The van der Waals surface area contributed by atoms with Gasteiger partial charge in [0.15, 0.2) is 0 Å². The first kappa shape index (κ1) is 16.6. The van der Waals surface area contributed by atoms with Gasteiger partial charge >= 0.3 is 0 Å². The number of halogens is 2. The summed E-state index contributed by atoms with van der Waals surface area (Å²) >= 11 is 4.74. The van der Waals surface area contributed by atoms with Crippen LogP contribution in [-0.2, 0) is 4.79 Å². The molecule has 0 saturated carbocycles. The topological polar surface area (TPSA) is 59.8 Å². The first-order chi connectivity index (χ1) is 13.1. The molecule has 2 aromatic carbocycles. The van der Waals surface area contributed by atoms with Crippen molar-refractivity contribution in [1.29, 1.82) is 0 Å². The standard InChI is InChI=1S/C19H12BrFN4OS/c20-13-7-10(5-6-14(13)21)11-8-17(26)24-18-12(11)9-22-25(18)19-23-15-3-1-2-4-16(15)27-19/h1-7,9,11H,8H2,(H,24,26)/t11-/m0/s1. The lowest BCUT2D eigenvalue weighted by atomic mass is 9.87. The highest BCUT2D eigenvalue weighted by Gasteiger charge is 2.31. The van der Waals surface area contributed by atoms with Crippen LogP contribution in [0.15, 0.2) is 53.1 Å². The van der Waals surface area contributed by atoms with Crippen LogP contribution in [0.25, 0.3) is 15.3 Å². The van der Waals surface area contributed by atoms with Crippen LogP contribution in [-0.4, -0.2) is 20.7 Å². The van der Waals surface area contributed by atoms with E-state index in [-0.39, 0.29) is 24.1 Å². The third-order valence-electron chi connectivity index (χ3n) is 4.63. The summed E-state index contributed by atoms with van der Waals surface area (Å²) in [5.41, 5.74) is 2.65. The summed E-state index contributed by atoms with van der Waals surface area (Å²) in [5, 5.41) is 8.09. The summed E-state index contributed by atoms with van der Waals surface area (Å²) in [4.78, 5) is 17.0. The molecule has 3 heterocycles. The lowest BCUT2D eigenvalue weighted by Crippen LogP contribution is -2.24. The van der Waals surface area contributed by atoms with E-state index in [1.807, 2.05) is 24.3 Å². The van der Waals surface area contributed by atoms with Gasteiger partial charge in [-0.05, 0) is 45.8 Å². The number of amides is 1. The van der Waals surface area contributed by atoms with Crippen molar-refractivity contribution in [1.82, 2.24) is 14.8 Å². The molecule has 8 heteroatoms. The van der Waals surface area contributed by atoms with Crippen molar-refractivity contribution in [2.24, 2.45) is 0 Å². The number of aromatic nitrogens is 3. The van der Waals surface area contributed by atoms with Crippen molar-refractivity contribution in [3.05, 3.63) is 70.1 Å². The van der Waals surface area contributed by atoms with Crippen LogP contribution in [0.5, 0.6) is 0 Å². The Balaban J connectivity index is 1.63. The number of fused-ring (bicyclic) bond motifs is 2. The molecule has 27 heavy (non-hydrogen) atoms. The minimum absolute atomic E-state index is 0.101. The van der Waals surface area contributed by atoms with Gasteiger partial charge in [-0.15, -0.1) is 0 Å². The lowest BCUT2D eigenvalue weighted by molar-refractivity contribution is -0.116. The Morgan fingerprint density at radius 1 is 1.26 bits per heavy atom. The molecule has 0 spiro atoms. The van der Waals surface area contributed by atoms with Gasteiger partial charge in [0.05, 0.1) is 20.9 Å². The fraction of sp³-hybridized carbons (Fsp3) is 0.105. The van der Waals surface area contributed by atoms with Crippen LogP contribution < -0.4 is 5.32 Å². The Morgan fingerprint density at radius 3 is 2.93 bits per heavy atom. The Bertz CT molecular complexity index is 1170. The number of anilines is 1. The van der Waals surface area contributed by atoms with E-state index in [1.165, 1.54) is 17.4 Å². The quantitative estimate of drug-likeness (QED) is 0.482. The van der Waals surface area contributed by atoms with E-state index in [0.717, 1.165) is 21.3 Å². The smallest absolute Gasteiger partial charge is 0.226 e. The molecule has 0 fully saturated rings. The van der Waals surface area contributed by atoms with E-state index in [0.29, 0.717) is 15.4 Å². The van der Waals surface area contributed by atoms with Crippen molar-refractivity contribution in [2.45, 2.75) is 12.3 Å². The normalized spacial score (nSPS) is 16.4. The van der Waals surface area contributed by atoms with Gasteiger partial charge in [0.2, 0.25) is 11.0 Å². The first-order valence-electron chi connectivity index (χ1n) is 8.29. The molecule has 1 N–H and O–H groups in total. The molecule has 1 amide bonds. The van der Waals surface area contributed by atoms with E-state index in [2.05, 4.69) is 31.3 Å². The molecule has 5 rings (SSSR count). The van der Waals surface area contributed by atoms with Crippen LogP contribution in [0.3, 0.4) is 0 Å². The summed E-state index contributed by atoms with van der Waals surface area (Å²) in [6.45, 7) is 0. The number of carbonyl (C=O) groups is 1. The molecule has 0 aliphatic carbocycles. The molecule has 1 aliphatic rings. The summed E-state index contributed by atoms with van der Waals surface area (Å²) in [6.07, 6.45) is 2.04. The minimum atomic E-state index is -0.329. The maximum atomic E-state index is 13.6. The van der Waals surface area contributed by atoms with Crippen molar-refractivity contribution in [2.75, 3.05) is 5.32 Å². The second-order valence-electron chi connectivity index (χ2n) is 6.30. The van der Waals surface area contributed by atoms with Gasteiger partial charge in [-0.3, -0.25) is 4.79 Å². The van der Waals surface area contributed by atoms with Gasteiger partial charge in [0.25, 0.3) is 0 Å². The third kappa shape index (κ3) is 2.76. The number of thiazole rings is 1. The van der Waals surface area contributed by atoms with Gasteiger partial charge in [-0.25, -0.2) is 9.37 Å². The number of hydrogen-bond donors (Lipinski definition) is 1. The summed E-state index contributed by atoms with van der Waals surface area (Å²) in [7, 11) is 0. The van der Waals surface area contributed by atoms with Gasteiger partial charge in [0.1, 0.15) is 11.6 Å². The van der Waals surface area contributed by atoms with Gasteiger partial charge in [-0.1, -0.05) is 29.5 Å². The van der Waals surface area contributed by atoms with Crippen LogP contribution in [0.4, 0.5) is 10.2 Å². The summed E-state index contributed by atoms with van der Waals surface area (Å²) in [5.74, 6) is 0.00439. The molecule has 4 aromatic rings. The molecule has 134 valence electrons. The molecular weight excluding hydrogens is 431 g/mol. The fourth-order valence-corrected chi connectivity index (χ4v) is 4.67. The Labute approximate surface area is 166 Å². The number of nitrogens with one attached hydrogen (secondary N) is 1. The monoisotopic (exact) mass is 442 g/mol. The number of para-hydroxylation sites is 1. The fourth-order valence-electron chi connectivity index (χ4n) is 3.34. The molecule has 2 aromatic heterocycles. The maximum Gasteiger partial charge on any atom is 0.226 e. The van der Waals surface area contributed by atoms with Crippen molar-refractivity contribution in [3.63, 3.8) is 0 Å². The molecule has 0 bridgehead atoms. The average Bonchev–Trinajstić information content (AvgIpc) is 3.26. The highest BCUT2D eigenvalue weighted by molar-refractivity contribution is 9.10. The second kappa shape index (κ2) is 6.24. The number of benzene rings is 2. The van der Waals surface area contributed by atoms with Crippen LogP contribution in [0.2, 0.25) is 0 Å². The molecule has 1 aliphatic heterocycles. The predicted octanol–water partition coefficient (Wildman–Crippen LogP) is 4.86. The van der Waals surface area contributed by atoms with Crippen molar-refractivity contribution >= 4 is 49.2 Å². The average molecular weight is 443 g/mol. The molecular formula is C19H12BrFN4OS. The van der Waals surface area contributed by atoms with Gasteiger partial charge in [0, 0.05) is 17.9 Å². The third-order valence-corrected chi connectivity index (χ3v) is 6.25. The largest absolute Gasteiger partial charge is 0.310 e. The summed E-state index contributed by atoms with van der Waals surface area (Å²) < 4.78 is 16.7. The Morgan fingerprint density at radius 2 is 2.11 bits per heavy atom. The minimum Gasteiger partial charge on any atom is -0.310 e. The number of hydrogen-bond acceptors (Lipinski definition) is 4. The zero-order valence-electron chi connectivity index (χ0n) is 13.8. The molecule has 0 unspecified atom stereocenters. The van der Waals surface area contributed by atoms with Gasteiger partial charge in [-0.2, -0.15) is 9.78 Å². The van der Waals surface area contributed by atoms with Gasteiger partial charge < -0.3 is 5.32 Å². The highest BCUT2D eigenvalue weighted by atomic mass is 79.9. The Kier molecular flexibility index (Phi) is 3.84. The molecule has 1 atom stereocenters. The van der Waals surface area contributed by atoms with Crippen LogP contribution in [0.1, 0.15) is 23.5 Å². The van der Waals surface area contributed by atoms with E-state index < -0.39 is 0 Å². The van der Waals surface area contributed by atoms with E-state index >= 15 is 0 Å². The maximum absolute atomic E-state index is 13.6. The molecule has 5 nitrogen and oxygen atoms in total. The summed E-state index contributed by atoms with van der Waals surface area (Å²) in [6, 6.07) is 12.7. The number of carbonyl (C=O) groups excluding carboxylic acids is 1. The molecule has 0 radical (unpaired) electrons. The predicted molar refractivity (Wildman–Crippen MR) is 106 cm³/mol. The Hall–Kier alpha value is -2.58. The van der Waals surface area contributed by atoms with E-state index in [4.69, 9.17) is 0 Å². The van der Waals surface area contributed by atoms with Crippen molar-refractivity contribution in [3.8, 4) is 5.13 Å². The number of nitrogens with zero attached hydrogens (tertiary/aromatic N) is 3. The van der Waals surface area contributed by atoms with E-state index in [9.17, 15) is 9.18 Å². The van der Waals surface area contributed by atoms with Crippen molar-refractivity contribution < 1.29 is 9.18 Å². The van der Waals surface area contributed by atoms with Crippen LogP contribution in [0, 0.1) is 5.82 Å². The highest BCUT2D eigenvalue weighted by Crippen LogP contribution is 2.39. The van der Waals surface area contributed by atoms with Crippen LogP contribution >= 0.6 is 27.3 Å². The first-order valence-corrected chi connectivity index (χ1v) is 9.90. The second-order valence-corrected chi connectivity index (χ2v) is 8.17. The molecule has 0 saturated heterocycles. The lowest BCUT2D eigenvalue weighted by Gasteiger charge is -2.23. The van der Waals surface area contributed by atoms with E-state index in [1.54, 1.807) is 23.0 Å². The number of rotatable bonds is 2. The zero-order chi connectivity index (χ0) is 18.5. The zero-order valence-corrected chi connectivity index (χ0v) is 16.2.